The van der Waals surface area contributed by atoms with Gasteiger partial charge in [0.15, 0.2) is 5.82 Å². The molecule has 1 aromatic carbocycles. The molecule has 0 amide bonds. The van der Waals surface area contributed by atoms with Crippen molar-refractivity contribution in [1.82, 2.24) is 14.7 Å². The van der Waals surface area contributed by atoms with Gasteiger partial charge in [-0.15, -0.1) is 0 Å². The van der Waals surface area contributed by atoms with Gasteiger partial charge in [-0.2, -0.15) is 4.98 Å². The van der Waals surface area contributed by atoms with Gasteiger partial charge in [0, 0.05) is 12.1 Å². The van der Waals surface area contributed by atoms with Gasteiger partial charge in [0.1, 0.15) is 5.56 Å². The van der Waals surface area contributed by atoms with Crippen molar-refractivity contribution in [3.63, 3.8) is 0 Å². The Morgan fingerprint density at radius 3 is 2.83 bits per heavy atom. The molecule has 0 unspecified atom stereocenters. The molecule has 4 rings (SSSR count). The van der Waals surface area contributed by atoms with Crippen LogP contribution >= 0.6 is 0 Å². The molecule has 0 radical (unpaired) electrons. The van der Waals surface area contributed by atoms with Gasteiger partial charge < -0.3 is 9.09 Å². The second-order valence-electron chi connectivity index (χ2n) is 6.01. The van der Waals surface area contributed by atoms with Crippen LogP contribution in [-0.2, 0) is 6.54 Å². The van der Waals surface area contributed by atoms with Crippen molar-refractivity contribution >= 4 is 0 Å². The average molecular weight is 307 g/mol. The minimum absolute atomic E-state index is 0.109. The van der Waals surface area contributed by atoms with Crippen LogP contribution in [0.1, 0.15) is 35.7 Å². The molecule has 23 heavy (non-hydrogen) atoms. The zero-order chi connectivity index (χ0) is 15.8. The molecule has 0 saturated heterocycles. The molecule has 3 aromatic rings. The fourth-order valence-electron chi connectivity index (χ4n) is 2.65. The smallest absolute Gasteiger partial charge is 0.263 e. The molecule has 0 aliphatic heterocycles. The molecule has 5 heteroatoms. The third-order valence-electron chi connectivity index (χ3n) is 4.24. The van der Waals surface area contributed by atoms with Crippen LogP contribution in [0.4, 0.5) is 0 Å². The molecule has 5 nitrogen and oxygen atoms in total. The van der Waals surface area contributed by atoms with E-state index in [0.29, 0.717) is 29.7 Å². The molecule has 116 valence electrons. The van der Waals surface area contributed by atoms with Crippen LogP contribution in [0.25, 0.3) is 11.5 Å². The van der Waals surface area contributed by atoms with E-state index < -0.39 is 0 Å². The molecule has 1 aliphatic carbocycles. The topological polar surface area (TPSA) is 60.9 Å². The summed E-state index contributed by atoms with van der Waals surface area (Å²) in [6, 6.07) is 11.6. The molecule has 0 spiro atoms. The minimum Gasteiger partial charge on any atom is -0.334 e. The first-order chi connectivity index (χ1) is 11.2. The number of aryl methyl sites for hydroxylation is 1. The van der Waals surface area contributed by atoms with Crippen LogP contribution in [0.3, 0.4) is 0 Å². The van der Waals surface area contributed by atoms with Gasteiger partial charge in [0.05, 0.1) is 6.54 Å². The first-order valence-electron chi connectivity index (χ1n) is 7.80. The third-order valence-corrected chi connectivity index (χ3v) is 4.24. The molecule has 0 atom stereocenters. The molecule has 1 aliphatic rings. The van der Waals surface area contributed by atoms with E-state index in [0.717, 1.165) is 18.4 Å². The quantitative estimate of drug-likeness (QED) is 0.743. The molecular formula is C18H17N3O2. The standard InChI is InChI=1S/C18H17N3O2/c1-12-5-2-3-6-14(12)11-21-10-4-7-15(18(21)22)17-19-16(20-23-17)13-8-9-13/h2-7,10,13H,8-9,11H2,1H3. The Kier molecular flexibility index (Phi) is 3.33. The fraction of sp³-hybridized carbons (Fsp3) is 0.278. The zero-order valence-corrected chi connectivity index (χ0v) is 12.9. The number of hydrogen-bond donors (Lipinski definition) is 0. The summed E-state index contributed by atoms with van der Waals surface area (Å²) < 4.78 is 6.97. The fourth-order valence-corrected chi connectivity index (χ4v) is 2.65. The van der Waals surface area contributed by atoms with Crippen LogP contribution in [0.15, 0.2) is 51.9 Å². The van der Waals surface area contributed by atoms with Crippen molar-refractivity contribution in [2.45, 2.75) is 32.2 Å². The van der Waals surface area contributed by atoms with E-state index in [1.54, 1.807) is 16.8 Å². The maximum Gasteiger partial charge on any atom is 0.263 e. The largest absolute Gasteiger partial charge is 0.334 e. The van der Waals surface area contributed by atoms with Crippen molar-refractivity contribution < 1.29 is 4.52 Å². The molecule has 2 heterocycles. The Bertz CT molecular complexity index is 906. The monoisotopic (exact) mass is 307 g/mol. The van der Waals surface area contributed by atoms with E-state index in [1.165, 1.54) is 5.56 Å². The van der Waals surface area contributed by atoms with E-state index in [9.17, 15) is 4.79 Å². The molecule has 0 N–H and O–H groups in total. The van der Waals surface area contributed by atoms with Crippen LogP contribution in [-0.4, -0.2) is 14.7 Å². The second kappa shape index (κ2) is 5.50. The SMILES string of the molecule is Cc1ccccc1Cn1cccc(-c2nc(C3CC3)no2)c1=O. The predicted molar refractivity (Wildman–Crippen MR) is 86.3 cm³/mol. The summed E-state index contributed by atoms with van der Waals surface area (Å²) in [6.45, 7) is 2.58. The highest BCUT2D eigenvalue weighted by atomic mass is 16.5. The van der Waals surface area contributed by atoms with Crippen molar-refractivity contribution in [2.24, 2.45) is 0 Å². The van der Waals surface area contributed by atoms with E-state index >= 15 is 0 Å². The Morgan fingerprint density at radius 1 is 1.22 bits per heavy atom. The van der Waals surface area contributed by atoms with Gasteiger partial charge in [-0.3, -0.25) is 4.79 Å². The van der Waals surface area contributed by atoms with Crippen LogP contribution in [0, 0.1) is 6.92 Å². The minimum atomic E-state index is -0.109. The highest BCUT2D eigenvalue weighted by Gasteiger charge is 2.29. The molecule has 2 aromatic heterocycles. The number of hydrogen-bond acceptors (Lipinski definition) is 4. The summed E-state index contributed by atoms with van der Waals surface area (Å²) in [4.78, 5) is 17.1. The lowest BCUT2D eigenvalue weighted by molar-refractivity contribution is 0.422. The maximum atomic E-state index is 12.7. The highest BCUT2D eigenvalue weighted by Crippen LogP contribution is 2.38. The van der Waals surface area contributed by atoms with Gasteiger partial charge in [-0.05, 0) is 43.0 Å². The number of nitrogens with zero attached hydrogens (tertiary/aromatic N) is 3. The Hall–Kier alpha value is -2.69. The normalized spacial score (nSPS) is 14.1. The lowest BCUT2D eigenvalue weighted by Gasteiger charge is -2.09. The Morgan fingerprint density at radius 2 is 2.04 bits per heavy atom. The third kappa shape index (κ3) is 2.70. The number of rotatable bonds is 4. The molecule has 0 bridgehead atoms. The Labute approximate surface area is 133 Å². The van der Waals surface area contributed by atoms with E-state index in [4.69, 9.17) is 4.52 Å². The first kappa shape index (κ1) is 13.9. The number of benzene rings is 1. The van der Waals surface area contributed by atoms with E-state index in [1.807, 2.05) is 37.3 Å². The maximum absolute atomic E-state index is 12.7. The van der Waals surface area contributed by atoms with Crippen molar-refractivity contribution in [3.8, 4) is 11.5 Å². The summed E-state index contributed by atoms with van der Waals surface area (Å²) in [6.07, 6.45) is 3.99. The summed E-state index contributed by atoms with van der Waals surface area (Å²) in [5.41, 5.74) is 2.64. The van der Waals surface area contributed by atoms with Gasteiger partial charge >= 0.3 is 0 Å². The van der Waals surface area contributed by atoms with Crippen LogP contribution in [0.2, 0.25) is 0 Å². The summed E-state index contributed by atoms with van der Waals surface area (Å²) in [5.74, 6) is 1.44. The molecule has 1 saturated carbocycles. The van der Waals surface area contributed by atoms with Crippen LogP contribution < -0.4 is 5.56 Å². The molecule has 1 fully saturated rings. The molecular weight excluding hydrogens is 290 g/mol. The average Bonchev–Trinajstić information content (AvgIpc) is 3.29. The van der Waals surface area contributed by atoms with Crippen LogP contribution in [0.5, 0.6) is 0 Å². The predicted octanol–water partition coefficient (Wildman–Crippen LogP) is 3.13. The van der Waals surface area contributed by atoms with Crippen molar-refractivity contribution in [3.05, 3.63) is 69.9 Å². The van der Waals surface area contributed by atoms with Gasteiger partial charge in [0.25, 0.3) is 11.4 Å². The van der Waals surface area contributed by atoms with E-state index in [-0.39, 0.29) is 5.56 Å². The number of aromatic nitrogens is 3. The first-order valence-corrected chi connectivity index (χ1v) is 7.80. The lowest BCUT2D eigenvalue weighted by atomic mass is 10.1. The Balaban J connectivity index is 1.69. The lowest BCUT2D eigenvalue weighted by Crippen LogP contribution is -2.21. The highest BCUT2D eigenvalue weighted by molar-refractivity contribution is 5.51. The summed E-state index contributed by atoms with van der Waals surface area (Å²) in [7, 11) is 0. The van der Waals surface area contributed by atoms with Gasteiger partial charge in [0.2, 0.25) is 0 Å². The summed E-state index contributed by atoms with van der Waals surface area (Å²) >= 11 is 0. The van der Waals surface area contributed by atoms with E-state index in [2.05, 4.69) is 10.1 Å². The van der Waals surface area contributed by atoms with Crippen molar-refractivity contribution in [1.29, 1.82) is 0 Å². The zero-order valence-electron chi connectivity index (χ0n) is 12.9. The summed E-state index contributed by atoms with van der Waals surface area (Å²) in [5, 5.41) is 3.99. The van der Waals surface area contributed by atoms with Gasteiger partial charge in [-0.1, -0.05) is 29.4 Å². The van der Waals surface area contributed by atoms with Crippen molar-refractivity contribution in [2.75, 3.05) is 0 Å². The number of pyridine rings is 1. The second-order valence-corrected chi connectivity index (χ2v) is 6.01. The van der Waals surface area contributed by atoms with Gasteiger partial charge in [-0.25, -0.2) is 0 Å².